The van der Waals surface area contributed by atoms with E-state index in [4.69, 9.17) is 4.74 Å². The second-order valence-electron chi connectivity index (χ2n) is 5.96. The number of benzene rings is 1. The zero-order valence-electron chi connectivity index (χ0n) is 14.5. The summed E-state index contributed by atoms with van der Waals surface area (Å²) in [5.74, 6) is 0.775. The predicted octanol–water partition coefficient (Wildman–Crippen LogP) is 3.43. The maximum Gasteiger partial charge on any atom is 0.277 e. The van der Waals surface area contributed by atoms with E-state index in [1.54, 1.807) is 12.4 Å². The van der Waals surface area contributed by atoms with Crippen molar-refractivity contribution in [1.82, 2.24) is 10.4 Å². The third kappa shape index (κ3) is 4.91. The molecule has 5 nitrogen and oxygen atoms in total. The summed E-state index contributed by atoms with van der Waals surface area (Å²) >= 11 is 0. The largest absolute Gasteiger partial charge is 0.483 e. The van der Waals surface area contributed by atoms with Crippen LogP contribution in [-0.4, -0.2) is 23.2 Å². The van der Waals surface area contributed by atoms with E-state index >= 15 is 0 Å². The minimum Gasteiger partial charge on any atom is -0.483 e. The van der Waals surface area contributed by atoms with E-state index in [-0.39, 0.29) is 12.5 Å². The van der Waals surface area contributed by atoms with Crippen LogP contribution in [0.1, 0.15) is 43.4 Å². The highest BCUT2D eigenvalue weighted by Crippen LogP contribution is 2.27. The third-order valence-corrected chi connectivity index (χ3v) is 3.58. The lowest BCUT2D eigenvalue weighted by molar-refractivity contribution is -0.123. The SMILES string of the molecule is C/C(=N/NC(=O)COc1cc(C)ccc1C(C)C)c1cccnc1. The first-order chi connectivity index (χ1) is 11.5. The van der Waals surface area contributed by atoms with Crippen molar-refractivity contribution in [3.05, 3.63) is 59.4 Å². The molecule has 0 saturated carbocycles. The van der Waals surface area contributed by atoms with Gasteiger partial charge >= 0.3 is 0 Å². The molecule has 0 aliphatic carbocycles. The van der Waals surface area contributed by atoms with Crippen molar-refractivity contribution in [1.29, 1.82) is 0 Å². The first-order valence-electron chi connectivity index (χ1n) is 7.94. The number of carbonyl (C=O) groups excluding carboxylic acids is 1. The van der Waals surface area contributed by atoms with Gasteiger partial charge in [-0.25, -0.2) is 5.43 Å². The van der Waals surface area contributed by atoms with E-state index in [2.05, 4.69) is 29.4 Å². The topological polar surface area (TPSA) is 63.6 Å². The highest BCUT2D eigenvalue weighted by Gasteiger charge is 2.10. The summed E-state index contributed by atoms with van der Waals surface area (Å²) in [6, 6.07) is 9.75. The molecule has 0 bridgehead atoms. The van der Waals surface area contributed by atoms with Gasteiger partial charge in [-0.05, 0) is 43.0 Å². The van der Waals surface area contributed by atoms with Gasteiger partial charge < -0.3 is 4.74 Å². The first-order valence-corrected chi connectivity index (χ1v) is 7.94. The van der Waals surface area contributed by atoms with E-state index in [1.165, 1.54) is 0 Å². The molecule has 0 fully saturated rings. The monoisotopic (exact) mass is 325 g/mol. The average molecular weight is 325 g/mol. The third-order valence-electron chi connectivity index (χ3n) is 3.58. The molecule has 0 unspecified atom stereocenters. The lowest BCUT2D eigenvalue weighted by Gasteiger charge is -2.14. The van der Waals surface area contributed by atoms with Gasteiger partial charge in [0.15, 0.2) is 6.61 Å². The normalized spacial score (nSPS) is 11.5. The van der Waals surface area contributed by atoms with E-state index in [0.29, 0.717) is 11.6 Å². The summed E-state index contributed by atoms with van der Waals surface area (Å²) in [5.41, 5.74) is 6.25. The fourth-order valence-electron chi connectivity index (χ4n) is 2.21. The maximum atomic E-state index is 12.0. The molecule has 1 heterocycles. The number of hydrogen-bond donors (Lipinski definition) is 1. The van der Waals surface area contributed by atoms with Crippen LogP contribution in [0.2, 0.25) is 0 Å². The van der Waals surface area contributed by atoms with Gasteiger partial charge in [-0.15, -0.1) is 0 Å². The van der Waals surface area contributed by atoms with E-state index in [9.17, 15) is 4.79 Å². The number of aromatic nitrogens is 1. The Bertz CT molecular complexity index is 725. The molecular weight excluding hydrogens is 302 g/mol. The van der Waals surface area contributed by atoms with Gasteiger partial charge in [0.2, 0.25) is 0 Å². The molecule has 126 valence electrons. The molecule has 0 aliphatic rings. The summed E-state index contributed by atoms with van der Waals surface area (Å²) in [7, 11) is 0. The molecule has 2 rings (SSSR count). The number of carbonyl (C=O) groups is 1. The lowest BCUT2D eigenvalue weighted by Crippen LogP contribution is -2.26. The summed E-state index contributed by atoms with van der Waals surface area (Å²) in [4.78, 5) is 16.0. The fraction of sp³-hybridized carbons (Fsp3) is 0.316. The predicted molar refractivity (Wildman–Crippen MR) is 95.4 cm³/mol. The van der Waals surface area contributed by atoms with Crippen molar-refractivity contribution in [2.75, 3.05) is 6.61 Å². The van der Waals surface area contributed by atoms with Crippen LogP contribution < -0.4 is 10.2 Å². The Hall–Kier alpha value is -2.69. The number of pyridine rings is 1. The Kier molecular flexibility index (Phi) is 6.07. The van der Waals surface area contributed by atoms with Crippen molar-refractivity contribution < 1.29 is 9.53 Å². The standard InChI is InChI=1S/C19H23N3O2/c1-13(2)17-8-7-14(3)10-18(17)24-12-19(23)22-21-15(4)16-6-5-9-20-11-16/h5-11,13H,12H2,1-4H3,(H,22,23)/b21-15-. The quantitative estimate of drug-likeness (QED) is 0.654. The van der Waals surface area contributed by atoms with Crippen molar-refractivity contribution in [3.8, 4) is 5.75 Å². The average Bonchev–Trinajstić information content (AvgIpc) is 2.58. The van der Waals surface area contributed by atoms with Crippen LogP contribution in [0.15, 0.2) is 47.8 Å². The molecule has 24 heavy (non-hydrogen) atoms. The summed E-state index contributed by atoms with van der Waals surface area (Å²) in [5, 5.41) is 4.08. The Morgan fingerprint density at radius 2 is 2.12 bits per heavy atom. The summed E-state index contributed by atoms with van der Waals surface area (Å²) in [6.45, 7) is 7.93. The van der Waals surface area contributed by atoms with E-state index in [1.807, 2.05) is 44.2 Å². The van der Waals surface area contributed by atoms with Crippen LogP contribution in [0, 0.1) is 6.92 Å². The molecule has 0 spiro atoms. The minimum absolute atomic E-state index is 0.0764. The van der Waals surface area contributed by atoms with Crippen LogP contribution in [0.3, 0.4) is 0 Å². The Morgan fingerprint density at radius 3 is 2.79 bits per heavy atom. The number of aryl methyl sites for hydroxylation is 1. The van der Waals surface area contributed by atoms with Gasteiger partial charge in [-0.2, -0.15) is 5.10 Å². The van der Waals surface area contributed by atoms with Crippen LogP contribution in [0.4, 0.5) is 0 Å². The van der Waals surface area contributed by atoms with E-state index < -0.39 is 0 Å². The van der Waals surface area contributed by atoms with Gasteiger partial charge in [0.05, 0.1) is 5.71 Å². The number of amides is 1. The minimum atomic E-state index is -0.297. The highest BCUT2D eigenvalue weighted by atomic mass is 16.5. The van der Waals surface area contributed by atoms with Gasteiger partial charge in [0.1, 0.15) is 5.75 Å². The molecule has 1 aromatic heterocycles. The van der Waals surface area contributed by atoms with Crippen LogP contribution in [0.5, 0.6) is 5.75 Å². The molecule has 1 N–H and O–H groups in total. The second kappa shape index (κ2) is 8.24. The number of rotatable bonds is 6. The number of ether oxygens (including phenoxy) is 1. The summed E-state index contributed by atoms with van der Waals surface area (Å²) < 4.78 is 5.69. The molecule has 2 aromatic rings. The van der Waals surface area contributed by atoms with Gasteiger partial charge in [-0.3, -0.25) is 9.78 Å². The first kappa shape index (κ1) is 17.7. The van der Waals surface area contributed by atoms with Crippen LogP contribution in [-0.2, 0) is 4.79 Å². The lowest BCUT2D eigenvalue weighted by atomic mass is 10.0. The molecule has 0 saturated heterocycles. The Balaban J connectivity index is 1.95. The molecule has 0 radical (unpaired) electrons. The van der Waals surface area contributed by atoms with Crippen LogP contribution >= 0.6 is 0 Å². The maximum absolute atomic E-state index is 12.0. The highest BCUT2D eigenvalue weighted by molar-refractivity contribution is 5.98. The zero-order valence-corrected chi connectivity index (χ0v) is 14.5. The molecule has 5 heteroatoms. The van der Waals surface area contributed by atoms with Crippen LogP contribution in [0.25, 0.3) is 0 Å². The summed E-state index contributed by atoms with van der Waals surface area (Å²) in [6.07, 6.45) is 3.39. The number of hydrazone groups is 1. The second-order valence-corrected chi connectivity index (χ2v) is 5.96. The van der Waals surface area contributed by atoms with Gasteiger partial charge in [0, 0.05) is 18.0 Å². The van der Waals surface area contributed by atoms with Crippen molar-refractivity contribution >= 4 is 11.6 Å². The van der Waals surface area contributed by atoms with Crippen molar-refractivity contribution in [2.24, 2.45) is 5.10 Å². The van der Waals surface area contributed by atoms with Gasteiger partial charge in [0.25, 0.3) is 5.91 Å². The van der Waals surface area contributed by atoms with Gasteiger partial charge in [-0.1, -0.05) is 32.0 Å². The number of nitrogens with one attached hydrogen (secondary N) is 1. The molecular formula is C19H23N3O2. The fourth-order valence-corrected chi connectivity index (χ4v) is 2.21. The Morgan fingerprint density at radius 1 is 1.33 bits per heavy atom. The smallest absolute Gasteiger partial charge is 0.277 e. The van der Waals surface area contributed by atoms with Crippen molar-refractivity contribution in [3.63, 3.8) is 0 Å². The number of hydrogen-bond acceptors (Lipinski definition) is 4. The molecule has 1 aromatic carbocycles. The zero-order chi connectivity index (χ0) is 17.5. The molecule has 0 aliphatic heterocycles. The van der Waals surface area contributed by atoms with E-state index in [0.717, 1.165) is 22.4 Å². The number of nitrogens with zero attached hydrogens (tertiary/aromatic N) is 2. The van der Waals surface area contributed by atoms with Crippen molar-refractivity contribution in [2.45, 2.75) is 33.6 Å². The molecule has 0 atom stereocenters. The Labute approximate surface area is 142 Å². The molecule has 1 amide bonds.